The topological polar surface area (TPSA) is 20.2 Å². The monoisotopic (exact) mass is 310 g/mol. The molecule has 0 unspecified atom stereocenters. The van der Waals surface area contributed by atoms with Crippen molar-refractivity contribution in [2.45, 2.75) is 0 Å². The minimum Gasteiger partial charge on any atom is -0.506 e. The van der Waals surface area contributed by atoms with Gasteiger partial charge in [0.1, 0.15) is 5.75 Å². The van der Waals surface area contributed by atoms with Crippen LogP contribution >= 0.6 is 45.5 Å². The van der Waals surface area contributed by atoms with Gasteiger partial charge in [-0.25, -0.2) is 0 Å². The summed E-state index contributed by atoms with van der Waals surface area (Å²) in [4.78, 5) is 0. The molecule has 1 aromatic carbocycles. The van der Waals surface area contributed by atoms with Crippen molar-refractivity contribution in [3.63, 3.8) is 0 Å². The van der Waals surface area contributed by atoms with Crippen LogP contribution in [0.3, 0.4) is 0 Å². The molecule has 0 amide bonds. The smallest absolute Gasteiger partial charge is 0.133 e. The first-order chi connectivity index (χ1) is 5.70. The zero-order chi connectivity index (χ0) is 8.72. The predicted octanol–water partition coefficient (Wildman–Crippen LogP) is 3.86. The Labute approximate surface area is 92.1 Å². The highest BCUT2D eigenvalue weighted by molar-refractivity contribution is 14.1. The van der Waals surface area contributed by atoms with E-state index in [9.17, 15) is 5.11 Å². The average Bonchev–Trinajstić information content (AvgIpc) is 2.42. The summed E-state index contributed by atoms with van der Waals surface area (Å²) in [6.45, 7) is 0. The Morgan fingerprint density at radius 3 is 2.83 bits per heavy atom. The van der Waals surface area contributed by atoms with E-state index in [4.69, 9.17) is 11.6 Å². The zero-order valence-corrected chi connectivity index (χ0v) is 9.57. The SMILES string of the molecule is Oc1ccc(I)c2c(Cl)csc12. The van der Waals surface area contributed by atoms with Gasteiger partial charge in [-0.05, 0) is 34.7 Å². The van der Waals surface area contributed by atoms with Gasteiger partial charge in [-0.15, -0.1) is 11.3 Å². The Kier molecular flexibility index (Phi) is 2.18. The molecule has 2 aromatic rings. The molecule has 1 nitrogen and oxygen atoms in total. The van der Waals surface area contributed by atoms with Crippen LogP contribution in [0.25, 0.3) is 10.1 Å². The van der Waals surface area contributed by atoms with Crippen LogP contribution in [0, 0.1) is 3.57 Å². The van der Waals surface area contributed by atoms with Crippen molar-refractivity contribution in [2.24, 2.45) is 0 Å². The first-order valence-corrected chi connectivity index (χ1v) is 5.58. The number of thiophene rings is 1. The summed E-state index contributed by atoms with van der Waals surface area (Å²) in [6, 6.07) is 3.55. The lowest BCUT2D eigenvalue weighted by Gasteiger charge is -1.96. The van der Waals surface area contributed by atoms with E-state index in [2.05, 4.69) is 22.6 Å². The van der Waals surface area contributed by atoms with Gasteiger partial charge in [-0.1, -0.05) is 11.6 Å². The Balaban J connectivity index is 2.98. The molecule has 0 atom stereocenters. The highest BCUT2D eigenvalue weighted by Crippen LogP contribution is 2.38. The second-order valence-corrected chi connectivity index (χ2v) is 4.80. The number of aromatic hydroxyl groups is 1. The van der Waals surface area contributed by atoms with Crippen LogP contribution in [0.1, 0.15) is 0 Å². The third kappa shape index (κ3) is 1.20. The van der Waals surface area contributed by atoms with Crippen molar-refractivity contribution in [3.05, 3.63) is 26.1 Å². The van der Waals surface area contributed by atoms with E-state index in [1.165, 1.54) is 11.3 Å². The normalized spacial score (nSPS) is 10.8. The van der Waals surface area contributed by atoms with Gasteiger partial charge < -0.3 is 5.11 Å². The standard InChI is InChI=1S/C8H4ClIOS/c9-4-3-12-8-6(11)2-1-5(10)7(4)8/h1-3,11H. The van der Waals surface area contributed by atoms with Gasteiger partial charge in [-0.2, -0.15) is 0 Å². The summed E-state index contributed by atoms with van der Waals surface area (Å²) < 4.78 is 1.94. The molecule has 0 saturated heterocycles. The minimum absolute atomic E-state index is 0.308. The highest BCUT2D eigenvalue weighted by atomic mass is 127. The van der Waals surface area contributed by atoms with Crippen molar-refractivity contribution in [2.75, 3.05) is 0 Å². The molecule has 0 radical (unpaired) electrons. The number of phenolic OH excluding ortho intramolecular Hbond substituents is 1. The van der Waals surface area contributed by atoms with Gasteiger partial charge in [0.15, 0.2) is 0 Å². The number of hydrogen-bond donors (Lipinski definition) is 1. The van der Waals surface area contributed by atoms with E-state index in [1.807, 2.05) is 11.4 Å². The Bertz CT molecular complexity index is 438. The molecule has 1 N–H and O–H groups in total. The number of benzene rings is 1. The molecule has 12 heavy (non-hydrogen) atoms. The molecule has 0 aliphatic carbocycles. The Morgan fingerprint density at radius 2 is 2.17 bits per heavy atom. The predicted molar refractivity (Wildman–Crippen MR) is 61.2 cm³/mol. The Hall–Kier alpha value is -0.000000000000000139. The summed E-state index contributed by atoms with van der Waals surface area (Å²) >= 11 is 9.62. The number of hydrogen-bond acceptors (Lipinski definition) is 2. The van der Waals surface area contributed by atoms with Crippen molar-refractivity contribution in [1.82, 2.24) is 0 Å². The van der Waals surface area contributed by atoms with Crippen LogP contribution in [0.2, 0.25) is 5.02 Å². The molecule has 0 saturated carbocycles. The third-order valence-electron chi connectivity index (χ3n) is 1.61. The fourth-order valence-electron chi connectivity index (χ4n) is 1.06. The van der Waals surface area contributed by atoms with Gasteiger partial charge in [0.05, 0.1) is 9.72 Å². The van der Waals surface area contributed by atoms with Crippen molar-refractivity contribution < 1.29 is 5.11 Å². The van der Waals surface area contributed by atoms with Gasteiger partial charge in [-0.3, -0.25) is 0 Å². The maximum atomic E-state index is 9.46. The molecular weight excluding hydrogens is 307 g/mol. The number of halogens is 2. The molecular formula is C8H4ClIOS. The zero-order valence-electron chi connectivity index (χ0n) is 5.84. The van der Waals surface area contributed by atoms with Crippen LogP contribution in [0.15, 0.2) is 17.5 Å². The molecule has 2 rings (SSSR count). The number of rotatable bonds is 0. The lowest BCUT2D eigenvalue weighted by Crippen LogP contribution is -1.72. The van der Waals surface area contributed by atoms with Crippen LogP contribution in [-0.2, 0) is 0 Å². The summed E-state index contributed by atoms with van der Waals surface area (Å²) in [5.41, 5.74) is 0. The second kappa shape index (κ2) is 3.05. The summed E-state index contributed by atoms with van der Waals surface area (Å²) in [5, 5.41) is 13.0. The lowest BCUT2D eigenvalue weighted by atomic mass is 10.2. The maximum Gasteiger partial charge on any atom is 0.133 e. The van der Waals surface area contributed by atoms with E-state index >= 15 is 0 Å². The van der Waals surface area contributed by atoms with Gasteiger partial charge in [0, 0.05) is 14.3 Å². The van der Waals surface area contributed by atoms with E-state index in [-0.39, 0.29) is 0 Å². The Morgan fingerprint density at radius 1 is 1.42 bits per heavy atom. The van der Waals surface area contributed by atoms with Crippen LogP contribution in [0.5, 0.6) is 5.75 Å². The number of phenols is 1. The highest BCUT2D eigenvalue weighted by Gasteiger charge is 2.08. The molecule has 1 heterocycles. The molecule has 0 fully saturated rings. The fraction of sp³-hybridized carbons (Fsp3) is 0. The van der Waals surface area contributed by atoms with Gasteiger partial charge >= 0.3 is 0 Å². The molecule has 4 heteroatoms. The van der Waals surface area contributed by atoms with Gasteiger partial charge in [0.25, 0.3) is 0 Å². The van der Waals surface area contributed by atoms with Crippen molar-refractivity contribution >= 4 is 55.6 Å². The van der Waals surface area contributed by atoms with Crippen molar-refractivity contribution in [3.8, 4) is 5.75 Å². The maximum absolute atomic E-state index is 9.46. The van der Waals surface area contributed by atoms with Gasteiger partial charge in [0.2, 0.25) is 0 Å². The molecule has 1 aromatic heterocycles. The minimum atomic E-state index is 0.308. The summed E-state index contributed by atoms with van der Waals surface area (Å²) in [5.74, 6) is 0.308. The molecule has 0 spiro atoms. The second-order valence-electron chi connectivity index (χ2n) is 2.35. The van der Waals surface area contributed by atoms with E-state index in [0.717, 1.165) is 18.7 Å². The average molecular weight is 311 g/mol. The third-order valence-corrected chi connectivity index (χ3v) is 3.93. The van der Waals surface area contributed by atoms with Crippen LogP contribution in [-0.4, -0.2) is 5.11 Å². The molecule has 0 aliphatic heterocycles. The molecule has 62 valence electrons. The van der Waals surface area contributed by atoms with Crippen molar-refractivity contribution in [1.29, 1.82) is 0 Å². The first kappa shape index (κ1) is 8.59. The summed E-state index contributed by atoms with van der Waals surface area (Å²) in [7, 11) is 0. The molecule has 0 bridgehead atoms. The van der Waals surface area contributed by atoms with Crippen LogP contribution in [0.4, 0.5) is 0 Å². The summed E-state index contributed by atoms with van der Waals surface area (Å²) in [6.07, 6.45) is 0. The quantitative estimate of drug-likeness (QED) is 0.733. The number of fused-ring (bicyclic) bond motifs is 1. The fourth-order valence-corrected chi connectivity index (χ4v) is 3.39. The molecule has 0 aliphatic rings. The van der Waals surface area contributed by atoms with E-state index in [1.54, 1.807) is 6.07 Å². The first-order valence-electron chi connectivity index (χ1n) is 3.24. The van der Waals surface area contributed by atoms with Crippen LogP contribution < -0.4 is 0 Å². The van der Waals surface area contributed by atoms with E-state index in [0.29, 0.717) is 5.75 Å². The lowest BCUT2D eigenvalue weighted by molar-refractivity contribution is 0.482. The largest absolute Gasteiger partial charge is 0.506 e. The van der Waals surface area contributed by atoms with E-state index < -0.39 is 0 Å².